The summed E-state index contributed by atoms with van der Waals surface area (Å²) < 4.78 is 1.65. The monoisotopic (exact) mass is 299 g/mol. The van der Waals surface area contributed by atoms with Crippen LogP contribution in [0, 0.1) is 0 Å². The summed E-state index contributed by atoms with van der Waals surface area (Å²) >= 11 is 1.40. The van der Waals surface area contributed by atoms with Crippen LogP contribution in [0.4, 0.5) is 5.82 Å². The number of rotatable bonds is 2. The lowest BCUT2D eigenvalue weighted by atomic mass is 10.1. The molecule has 1 aromatic carbocycles. The lowest BCUT2D eigenvalue weighted by Gasteiger charge is -2.27. The lowest BCUT2D eigenvalue weighted by molar-refractivity contribution is -0.113. The Morgan fingerprint density at radius 3 is 2.76 bits per heavy atom. The first-order valence-corrected chi connectivity index (χ1v) is 7.11. The van der Waals surface area contributed by atoms with Crippen molar-refractivity contribution in [3.05, 3.63) is 59.9 Å². The van der Waals surface area contributed by atoms with Crippen molar-refractivity contribution in [3.8, 4) is 0 Å². The first-order valence-electron chi connectivity index (χ1n) is 6.33. The van der Waals surface area contributed by atoms with Gasteiger partial charge in [-0.3, -0.25) is 4.79 Å². The van der Waals surface area contributed by atoms with Gasteiger partial charge in [0, 0.05) is 23.7 Å². The lowest BCUT2D eigenvalue weighted by Crippen LogP contribution is -2.27. The van der Waals surface area contributed by atoms with Crippen molar-refractivity contribution in [2.75, 3.05) is 12.4 Å². The molecule has 0 atom stereocenters. The van der Waals surface area contributed by atoms with Crippen molar-refractivity contribution in [2.45, 2.75) is 4.90 Å². The Morgan fingerprint density at radius 2 is 2.00 bits per heavy atom. The highest BCUT2D eigenvalue weighted by Crippen LogP contribution is 2.38. The predicted octanol–water partition coefficient (Wildman–Crippen LogP) is 2.90. The summed E-state index contributed by atoms with van der Waals surface area (Å²) in [6, 6.07) is 12.7. The molecule has 0 unspecified atom stereocenters. The maximum absolute atomic E-state index is 12.4. The Hall–Kier alpha value is -2.47. The fourth-order valence-corrected chi connectivity index (χ4v) is 3.03. The number of carbonyl (C=O) groups is 1. The van der Waals surface area contributed by atoms with Crippen molar-refractivity contribution >= 4 is 29.4 Å². The normalized spacial score (nSPS) is 13.9. The van der Waals surface area contributed by atoms with Crippen molar-refractivity contribution < 1.29 is 9.90 Å². The zero-order valence-electron chi connectivity index (χ0n) is 11.3. The van der Waals surface area contributed by atoms with Gasteiger partial charge >= 0.3 is 0 Å². The first-order chi connectivity index (χ1) is 10.2. The van der Waals surface area contributed by atoms with Crippen LogP contribution in [0.5, 0.6) is 0 Å². The van der Waals surface area contributed by atoms with Crippen LogP contribution < -0.4 is 5.32 Å². The average molecular weight is 299 g/mol. The first kappa shape index (κ1) is 13.5. The summed E-state index contributed by atoms with van der Waals surface area (Å²) in [4.78, 5) is 17.3. The summed E-state index contributed by atoms with van der Waals surface area (Å²) in [5, 5.41) is 13.1. The largest absolute Gasteiger partial charge is 0.505 e. The molecule has 0 radical (unpaired) electrons. The number of carbonyl (C=O) groups excluding carboxylic acids is 1. The number of nitrogens with one attached hydrogen (secondary N) is 1. The molecular formula is C15H13N3O2S. The summed E-state index contributed by atoms with van der Waals surface area (Å²) in [5.41, 5.74) is 0.871. The number of benzene rings is 1. The van der Waals surface area contributed by atoms with Gasteiger partial charge in [0.05, 0.1) is 0 Å². The number of anilines is 1. The second-order valence-electron chi connectivity index (χ2n) is 4.45. The maximum Gasteiger partial charge on any atom is 0.277 e. The standard InChI is InChI=1S/C15H13N3O2S/c1-18-13(15(20)17-12-8-4-5-9-16-12)14(19)10-6-2-3-7-11(10)21-18/h2-9,19H,1H3,(H,16,17,20). The maximum atomic E-state index is 12.4. The number of hydrogen-bond donors (Lipinski definition) is 2. The number of pyridine rings is 1. The zero-order chi connectivity index (χ0) is 14.8. The predicted molar refractivity (Wildman–Crippen MR) is 82.5 cm³/mol. The highest BCUT2D eigenvalue weighted by atomic mass is 32.2. The van der Waals surface area contributed by atoms with E-state index in [4.69, 9.17) is 0 Å². The van der Waals surface area contributed by atoms with E-state index in [1.807, 2.05) is 18.2 Å². The third-order valence-corrected chi connectivity index (χ3v) is 4.05. The SMILES string of the molecule is CN1Sc2ccccc2C(O)=C1C(=O)Nc1ccccn1. The summed E-state index contributed by atoms with van der Waals surface area (Å²) in [7, 11) is 1.74. The van der Waals surface area contributed by atoms with Gasteiger partial charge < -0.3 is 14.7 Å². The van der Waals surface area contributed by atoms with Gasteiger partial charge in [0.25, 0.3) is 5.91 Å². The van der Waals surface area contributed by atoms with Gasteiger partial charge in [-0.2, -0.15) is 0 Å². The number of aliphatic hydroxyl groups excluding tert-OH is 1. The van der Waals surface area contributed by atoms with Gasteiger partial charge in [-0.25, -0.2) is 4.98 Å². The molecule has 0 bridgehead atoms. The highest BCUT2D eigenvalue weighted by Gasteiger charge is 2.28. The number of aromatic nitrogens is 1. The van der Waals surface area contributed by atoms with E-state index in [2.05, 4.69) is 10.3 Å². The molecule has 2 aromatic rings. The quantitative estimate of drug-likeness (QED) is 0.835. The third-order valence-electron chi connectivity index (χ3n) is 3.04. The summed E-state index contributed by atoms with van der Waals surface area (Å²) in [6.45, 7) is 0. The minimum Gasteiger partial charge on any atom is -0.505 e. The highest BCUT2D eigenvalue weighted by molar-refractivity contribution is 7.97. The van der Waals surface area contributed by atoms with Gasteiger partial charge in [-0.1, -0.05) is 18.2 Å². The Kier molecular flexibility index (Phi) is 3.53. The number of likely N-dealkylation sites (N-methyl/N-ethyl adjacent to an activating group) is 1. The molecule has 106 valence electrons. The Bertz CT molecular complexity index is 716. The molecule has 21 heavy (non-hydrogen) atoms. The topological polar surface area (TPSA) is 65.5 Å². The Morgan fingerprint density at radius 1 is 1.24 bits per heavy atom. The van der Waals surface area contributed by atoms with Crippen molar-refractivity contribution in [2.24, 2.45) is 0 Å². The van der Waals surface area contributed by atoms with Crippen molar-refractivity contribution in [1.29, 1.82) is 0 Å². The molecule has 0 saturated heterocycles. The molecule has 0 fully saturated rings. The molecule has 0 aliphatic carbocycles. The van der Waals surface area contributed by atoms with E-state index in [-0.39, 0.29) is 11.5 Å². The molecular weight excluding hydrogens is 286 g/mol. The van der Waals surface area contributed by atoms with E-state index < -0.39 is 5.91 Å². The van der Waals surface area contributed by atoms with Crippen LogP contribution in [-0.4, -0.2) is 27.4 Å². The molecule has 1 aromatic heterocycles. The van der Waals surface area contributed by atoms with Crippen molar-refractivity contribution in [1.82, 2.24) is 9.29 Å². The van der Waals surface area contributed by atoms with E-state index in [1.165, 1.54) is 11.9 Å². The molecule has 1 aliphatic rings. The minimum atomic E-state index is -0.393. The fraction of sp³-hybridized carbons (Fsp3) is 0.0667. The average Bonchev–Trinajstić information content (AvgIpc) is 2.48. The van der Waals surface area contributed by atoms with Gasteiger partial charge in [-0.15, -0.1) is 0 Å². The number of amides is 1. The summed E-state index contributed by atoms with van der Waals surface area (Å²) in [5.74, 6) is 0.0241. The molecule has 2 N–H and O–H groups in total. The van der Waals surface area contributed by atoms with Crippen LogP contribution in [0.25, 0.3) is 5.76 Å². The Labute approximate surface area is 126 Å². The van der Waals surface area contributed by atoms with Crippen LogP contribution in [0.3, 0.4) is 0 Å². The molecule has 5 nitrogen and oxygen atoms in total. The fourth-order valence-electron chi connectivity index (χ4n) is 2.07. The Balaban J connectivity index is 1.95. The number of hydrogen-bond acceptors (Lipinski definition) is 5. The smallest absolute Gasteiger partial charge is 0.277 e. The van der Waals surface area contributed by atoms with Gasteiger partial charge in [0.1, 0.15) is 5.82 Å². The van der Waals surface area contributed by atoms with Gasteiger partial charge in [0.15, 0.2) is 11.5 Å². The number of fused-ring (bicyclic) bond motifs is 1. The van der Waals surface area contributed by atoms with Gasteiger partial charge in [-0.05, 0) is 36.2 Å². The van der Waals surface area contributed by atoms with E-state index in [0.29, 0.717) is 11.4 Å². The van der Waals surface area contributed by atoms with E-state index in [1.54, 1.807) is 41.8 Å². The molecule has 2 heterocycles. The molecule has 0 spiro atoms. The second kappa shape index (κ2) is 5.49. The molecule has 1 aliphatic heterocycles. The van der Waals surface area contributed by atoms with E-state index in [0.717, 1.165) is 4.90 Å². The number of nitrogens with zero attached hydrogens (tertiary/aromatic N) is 2. The van der Waals surface area contributed by atoms with E-state index >= 15 is 0 Å². The minimum absolute atomic E-state index is 0.0275. The molecule has 1 amide bonds. The van der Waals surface area contributed by atoms with E-state index in [9.17, 15) is 9.90 Å². The van der Waals surface area contributed by atoms with Crippen LogP contribution in [-0.2, 0) is 4.79 Å². The zero-order valence-corrected chi connectivity index (χ0v) is 12.1. The van der Waals surface area contributed by atoms with Crippen LogP contribution in [0.1, 0.15) is 5.56 Å². The summed E-state index contributed by atoms with van der Waals surface area (Å²) in [6.07, 6.45) is 1.60. The van der Waals surface area contributed by atoms with Crippen molar-refractivity contribution in [3.63, 3.8) is 0 Å². The molecule has 6 heteroatoms. The van der Waals surface area contributed by atoms with Crippen LogP contribution in [0.15, 0.2) is 59.3 Å². The van der Waals surface area contributed by atoms with Crippen LogP contribution in [0.2, 0.25) is 0 Å². The second-order valence-corrected chi connectivity index (χ2v) is 5.62. The molecule has 0 saturated carbocycles. The molecule has 3 rings (SSSR count). The number of aliphatic hydroxyl groups is 1. The third kappa shape index (κ3) is 2.57. The van der Waals surface area contributed by atoms with Gasteiger partial charge in [0.2, 0.25) is 0 Å². The van der Waals surface area contributed by atoms with Crippen LogP contribution >= 0.6 is 11.9 Å².